The van der Waals surface area contributed by atoms with Crippen LogP contribution in [0.1, 0.15) is 251 Å². The van der Waals surface area contributed by atoms with Crippen molar-refractivity contribution in [3.63, 3.8) is 0 Å². The Labute approximate surface area is 355 Å². The molecule has 3 unspecified atom stereocenters. The third-order valence-corrected chi connectivity index (χ3v) is 11.4. The van der Waals surface area contributed by atoms with Gasteiger partial charge in [0.15, 0.2) is 0 Å². The second kappa shape index (κ2) is 47.0. The van der Waals surface area contributed by atoms with Crippen LogP contribution in [0.3, 0.4) is 0 Å². The molecule has 0 rings (SSSR count). The predicted molar refractivity (Wildman–Crippen MR) is 250 cm³/mol. The SMILES string of the molecule is CCCCCC/C=C/CC/C=C/CC/C=C/C(O)C(CO)NC(=O)C(O)CCCCCCCCCCCCCCC/C=C\CCCCCCCCCCCCCC. The van der Waals surface area contributed by atoms with E-state index in [0.29, 0.717) is 6.42 Å². The average Bonchev–Trinajstić information content (AvgIpc) is 3.22. The smallest absolute Gasteiger partial charge is 0.249 e. The topological polar surface area (TPSA) is 89.8 Å². The van der Waals surface area contributed by atoms with Gasteiger partial charge in [0, 0.05) is 0 Å². The summed E-state index contributed by atoms with van der Waals surface area (Å²) < 4.78 is 0. The number of unbranched alkanes of at least 4 members (excludes halogenated alkanes) is 31. The van der Waals surface area contributed by atoms with E-state index in [1.807, 2.05) is 6.08 Å². The predicted octanol–water partition coefficient (Wildman–Crippen LogP) is 14.9. The molecule has 0 saturated carbocycles. The highest BCUT2D eigenvalue weighted by atomic mass is 16.3. The van der Waals surface area contributed by atoms with Crippen molar-refractivity contribution in [2.24, 2.45) is 0 Å². The maximum Gasteiger partial charge on any atom is 0.249 e. The zero-order chi connectivity index (χ0) is 41.5. The number of carbonyl (C=O) groups is 1. The molecule has 0 bridgehead atoms. The van der Waals surface area contributed by atoms with E-state index in [9.17, 15) is 20.1 Å². The first kappa shape index (κ1) is 55.3. The van der Waals surface area contributed by atoms with Gasteiger partial charge in [-0.2, -0.15) is 0 Å². The van der Waals surface area contributed by atoms with E-state index in [4.69, 9.17) is 0 Å². The van der Waals surface area contributed by atoms with E-state index in [0.717, 1.165) is 44.9 Å². The van der Waals surface area contributed by atoms with E-state index in [-0.39, 0.29) is 6.61 Å². The van der Waals surface area contributed by atoms with E-state index >= 15 is 0 Å². The van der Waals surface area contributed by atoms with Crippen molar-refractivity contribution < 1.29 is 20.1 Å². The standard InChI is InChI=1S/C52H97NO4/c1-3-5-7-9-11-13-15-17-19-20-21-22-23-24-25-26-27-28-29-30-31-32-33-35-37-39-41-43-45-47-51(56)52(57)53-49(48-54)50(55)46-44-42-40-38-36-34-18-16-14-12-10-8-6-4-2/h14,16,24-25,36,38,44,46,49-51,54-56H,3-13,15,17-23,26-35,37,39-43,45,47-48H2,1-2H3,(H,53,57)/b16-14+,25-24-,38-36+,46-44+. The van der Waals surface area contributed by atoms with Crippen molar-refractivity contribution in [3.05, 3.63) is 48.6 Å². The Morgan fingerprint density at radius 3 is 1.09 bits per heavy atom. The fourth-order valence-corrected chi connectivity index (χ4v) is 7.45. The quantitative estimate of drug-likeness (QED) is 0.0365. The number of allylic oxidation sites excluding steroid dienone is 7. The molecule has 334 valence electrons. The van der Waals surface area contributed by atoms with E-state index in [2.05, 4.69) is 55.6 Å². The van der Waals surface area contributed by atoms with Crippen LogP contribution in [0.25, 0.3) is 0 Å². The number of rotatable bonds is 45. The molecule has 5 heteroatoms. The molecule has 0 fully saturated rings. The number of amides is 1. The minimum atomic E-state index is -1.11. The lowest BCUT2D eigenvalue weighted by Crippen LogP contribution is -2.48. The zero-order valence-corrected chi connectivity index (χ0v) is 38.0. The maximum absolute atomic E-state index is 12.5. The second-order valence-corrected chi connectivity index (χ2v) is 17.0. The first-order chi connectivity index (χ1) is 28.1. The molecule has 0 spiro atoms. The van der Waals surface area contributed by atoms with Gasteiger partial charge in [-0.15, -0.1) is 0 Å². The van der Waals surface area contributed by atoms with Crippen LogP contribution >= 0.6 is 0 Å². The van der Waals surface area contributed by atoms with Crippen molar-refractivity contribution in [1.29, 1.82) is 0 Å². The van der Waals surface area contributed by atoms with Gasteiger partial charge in [-0.1, -0.05) is 229 Å². The van der Waals surface area contributed by atoms with Crippen molar-refractivity contribution in [2.75, 3.05) is 6.61 Å². The van der Waals surface area contributed by atoms with Crippen LogP contribution in [0.5, 0.6) is 0 Å². The lowest BCUT2D eigenvalue weighted by molar-refractivity contribution is -0.131. The zero-order valence-electron chi connectivity index (χ0n) is 38.0. The lowest BCUT2D eigenvalue weighted by atomic mass is 10.0. The van der Waals surface area contributed by atoms with Crippen molar-refractivity contribution in [3.8, 4) is 0 Å². The largest absolute Gasteiger partial charge is 0.394 e. The average molecular weight is 800 g/mol. The minimum Gasteiger partial charge on any atom is -0.394 e. The van der Waals surface area contributed by atoms with E-state index in [1.165, 1.54) is 186 Å². The van der Waals surface area contributed by atoms with E-state index < -0.39 is 24.2 Å². The molecule has 0 aromatic rings. The fourth-order valence-electron chi connectivity index (χ4n) is 7.45. The number of aliphatic hydroxyl groups is 3. The Balaban J connectivity index is 3.59. The number of nitrogens with one attached hydrogen (secondary N) is 1. The highest BCUT2D eigenvalue weighted by molar-refractivity contribution is 5.80. The molecule has 5 nitrogen and oxygen atoms in total. The molecule has 4 N–H and O–H groups in total. The van der Waals surface area contributed by atoms with Gasteiger partial charge in [-0.05, 0) is 70.6 Å². The summed E-state index contributed by atoms with van der Waals surface area (Å²) in [4.78, 5) is 12.5. The highest BCUT2D eigenvalue weighted by Crippen LogP contribution is 2.16. The van der Waals surface area contributed by atoms with Crippen molar-refractivity contribution in [1.82, 2.24) is 5.32 Å². The van der Waals surface area contributed by atoms with Gasteiger partial charge in [-0.3, -0.25) is 4.79 Å². The monoisotopic (exact) mass is 800 g/mol. The van der Waals surface area contributed by atoms with Gasteiger partial charge >= 0.3 is 0 Å². The first-order valence-corrected chi connectivity index (χ1v) is 25.0. The molecular weight excluding hydrogens is 703 g/mol. The molecule has 0 aromatic carbocycles. The number of aliphatic hydroxyl groups excluding tert-OH is 3. The minimum absolute atomic E-state index is 0.382. The second-order valence-electron chi connectivity index (χ2n) is 17.0. The molecule has 0 aliphatic heterocycles. The van der Waals surface area contributed by atoms with Crippen LogP contribution in [0, 0.1) is 0 Å². The molecule has 0 radical (unpaired) electrons. The summed E-state index contributed by atoms with van der Waals surface area (Å²) in [5.74, 6) is -0.517. The van der Waals surface area contributed by atoms with Gasteiger partial charge in [0.1, 0.15) is 6.10 Å². The Hall–Kier alpha value is -1.69. The number of hydrogen-bond donors (Lipinski definition) is 4. The van der Waals surface area contributed by atoms with Crippen molar-refractivity contribution >= 4 is 5.91 Å². The fraction of sp³-hybridized carbons (Fsp3) is 0.827. The Bertz CT molecular complexity index is 927. The summed E-state index contributed by atoms with van der Waals surface area (Å²) in [7, 11) is 0. The number of carbonyl (C=O) groups excluding carboxylic acids is 1. The molecule has 1 amide bonds. The first-order valence-electron chi connectivity index (χ1n) is 25.0. The van der Waals surface area contributed by atoms with E-state index in [1.54, 1.807) is 6.08 Å². The van der Waals surface area contributed by atoms with Crippen LogP contribution < -0.4 is 5.32 Å². The molecule has 0 aliphatic rings. The third kappa shape index (κ3) is 42.2. The van der Waals surface area contributed by atoms with Crippen LogP contribution in [-0.4, -0.2) is 46.1 Å². The van der Waals surface area contributed by atoms with Gasteiger partial charge < -0.3 is 20.6 Å². The Morgan fingerprint density at radius 1 is 0.421 bits per heavy atom. The molecular formula is C52H97NO4. The Kier molecular flexibility index (Phi) is 45.6. The van der Waals surface area contributed by atoms with Gasteiger partial charge in [-0.25, -0.2) is 0 Å². The molecule has 0 aliphatic carbocycles. The van der Waals surface area contributed by atoms with Crippen molar-refractivity contribution in [2.45, 2.75) is 270 Å². The van der Waals surface area contributed by atoms with Crippen LogP contribution in [-0.2, 0) is 4.79 Å². The number of hydrogen-bond acceptors (Lipinski definition) is 4. The molecule has 0 saturated heterocycles. The summed E-state index contributed by atoms with van der Waals surface area (Å²) in [6, 6.07) is -0.821. The maximum atomic E-state index is 12.5. The summed E-state index contributed by atoms with van der Waals surface area (Å²) in [5, 5.41) is 33.1. The lowest BCUT2D eigenvalue weighted by Gasteiger charge is -2.21. The Morgan fingerprint density at radius 2 is 0.719 bits per heavy atom. The highest BCUT2D eigenvalue weighted by Gasteiger charge is 2.22. The molecule has 3 atom stereocenters. The van der Waals surface area contributed by atoms with Crippen LogP contribution in [0.2, 0.25) is 0 Å². The summed E-state index contributed by atoms with van der Waals surface area (Å²) in [5.41, 5.74) is 0. The normalized spacial score (nSPS) is 13.8. The van der Waals surface area contributed by atoms with Gasteiger partial charge in [0.25, 0.3) is 0 Å². The summed E-state index contributed by atoms with van der Waals surface area (Å²) >= 11 is 0. The molecule has 0 heterocycles. The molecule has 0 aromatic heterocycles. The summed E-state index contributed by atoms with van der Waals surface area (Å²) in [6.07, 6.45) is 61.7. The summed E-state index contributed by atoms with van der Waals surface area (Å²) in [6.45, 7) is 4.15. The van der Waals surface area contributed by atoms with Crippen LogP contribution in [0.4, 0.5) is 0 Å². The molecule has 57 heavy (non-hydrogen) atoms. The van der Waals surface area contributed by atoms with Gasteiger partial charge in [0.05, 0.1) is 18.8 Å². The third-order valence-electron chi connectivity index (χ3n) is 11.4. The van der Waals surface area contributed by atoms with Gasteiger partial charge in [0.2, 0.25) is 5.91 Å². The van der Waals surface area contributed by atoms with Crippen LogP contribution in [0.15, 0.2) is 48.6 Å².